The molecule has 29 heavy (non-hydrogen) atoms. The van der Waals surface area contributed by atoms with Gasteiger partial charge in [-0.1, -0.05) is 48.3 Å². The lowest BCUT2D eigenvalue weighted by molar-refractivity contribution is -0.0440. The molecule has 4 nitrogen and oxygen atoms in total. The molecule has 0 bridgehead atoms. The first-order valence-electron chi connectivity index (χ1n) is 9.70. The summed E-state index contributed by atoms with van der Waals surface area (Å²) >= 11 is 12.8. The molecule has 2 atom stereocenters. The van der Waals surface area contributed by atoms with Crippen LogP contribution in [0, 0.1) is 12.8 Å². The van der Waals surface area contributed by atoms with Gasteiger partial charge in [0, 0.05) is 27.5 Å². The highest BCUT2D eigenvalue weighted by Gasteiger charge is 2.57. The number of fused-ring (bicyclic) bond motifs is 5. The van der Waals surface area contributed by atoms with E-state index in [0.717, 1.165) is 22.6 Å². The van der Waals surface area contributed by atoms with Gasteiger partial charge < -0.3 is 9.47 Å². The van der Waals surface area contributed by atoms with Crippen molar-refractivity contribution >= 4 is 23.2 Å². The summed E-state index contributed by atoms with van der Waals surface area (Å²) in [7, 11) is 0. The van der Waals surface area contributed by atoms with Gasteiger partial charge in [0.15, 0.2) is 0 Å². The van der Waals surface area contributed by atoms with Gasteiger partial charge in [0.25, 0.3) is 0 Å². The highest BCUT2D eigenvalue weighted by molar-refractivity contribution is 6.34. The Balaban J connectivity index is 1.83. The zero-order valence-corrected chi connectivity index (χ0v) is 18.3. The van der Waals surface area contributed by atoms with Crippen LogP contribution in [0.15, 0.2) is 42.5 Å². The van der Waals surface area contributed by atoms with E-state index in [2.05, 4.69) is 32.9 Å². The molecule has 0 N–H and O–H groups in total. The molecule has 2 aromatic carbocycles. The van der Waals surface area contributed by atoms with Crippen LogP contribution in [0.5, 0.6) is 11.6 Å². The fraction of sp³-hybridized carbons (Fsp3) is 0.348. The van der Waals surface area contributed by atoms with Gasteiger partial charge in [-0.2, -0.15) is 9.78 Å². The topological polar surface area (TPSA) is 36.3 Å². The maximum Gasteiger partial charge on any atom is 0.221 e. The molecule has 1 aromatic heterocycles. The first kappa shape index (κ1) is 18.8. The minimum Gasteiger partial charge on any atom is -0.493 e. The molecule has 150 valence electrons. The van der Waals surface area contributed by atoms with Crippen molar-refractivity contribution in [2.75, 3.05) is 6.61 Å². The van der Waals surface area contributed by atoms with Gasteiger partial charge in [0.2, 0.25) is 5.88 Å². The molecule has 0 aliphatic carbocycles. The van der Waals surface area contributed by atoms with Crippen molar-refractivity contribution in [3.05, 3.63) is 69.3 Å². The molecular formula is C23H22Cl2N2O2. The Morgan fingerprint density at radius 2 is 1.86 bits per heavy atom. The molecular weight excluding hydrogens is 407 g/mol. The second-order valence-electron chi connectivity index (χ2n) is 8.54. The molecule has 0 fully saturated rings. The molecule has 5 rings (SSSR count). The standard InChI is InChI=1S/C23H22Cl2N2O2/c1-13-20-21(27(26-13)17-11-14(24)9-10-16(17)25)29-22(2,3)19-12-28-18-8-6-5-7-15(18)23(19,20)4/h5-11,19H,12H2,1-4H3/t19-,23-/m1/s1. The average Bonchev–Trinajstić information content (AvgIpc) is 2.99. The van der Waals surface area contributed by atoms with Crippen molar-refractivity contribution in [1.29, 1.82) is 0 Å². The number of benzene rings is 2. The lowest BCUT2D eigenvalue weighted by Gasteiger charge is -2.52. The summed E-state index contributed by atoms with van der Waals surface area (Å²) in [5.74, 6) is 1.76. The Morgan fingerprint density at radius 1 is 1.10 bits per heavy atom. The molecule has 0 spiro atoms. The quantitative estimate of drug-likeness (QED) is 0.478. The molecule has 0 unspecified atom stereocenters. The third kappa shape index (κ3) is 2.55. The number of rotatable bonds is 1. The first-order valence-corrected chi connectivity index (χ1v) is 10.5. The minimum absolute atomic E-state index is 0.128. The zero-order valence-electron chi connectivity index (χ0n) is 16.8. The van der Waals surface area contributed by atoms with E-state index < -0.39 is 5.60 Å². The van der Waals surface area contributed by atoms with Crippen LogP contribution in [-0.4, -0.2) is 22.0 Å². The Kier molecular flexibility index (Phi) is 4.00. The van der Waals surface area contributed by atoms with E-state index in [1.807, 2.05) is 25.1 Å². The average molecular weight is 429 g/mol. The summed E-state index contributed by atoms with van der Waals surface area (Å²) in [5.41, 5.74) is 3.09. The molecule has 0 saturated carbocycles. The number of aromatic nitrogens is 2. The van der Waals surface area contributed by atoms with Gasteiger partial charge in [-0.15, -0.1) is 0 Å². The van der Waals surface area contributed by atoms with Gasteiger partial charge in [-0.25, -0.2) is 0 Å². The fourth-order valence-corrected chi connectivity index (χ4v) is 5.45. The van der Waals surface area contributed by atoms with E-state index >= 15 is 0 Å². The van der Waals surface area contributed by atoms with Crippen LogP contribution in [0.25, 0.3) is 5.69 Å². The number of aryl methyl sites for hydroxylation is 1. The fourth-order valence-electron chi connectivity index (χ4n) is 5.08. The summed E-state index contributed by atoms with van der Waals surface area (Å²) in [5, 5.41) is 6.02. The Bertz CT molecular complexity index is 1140. The van der Waals surface area contributed by atoms with E-state index in [9.17, 15) is 0 Å². The smallest absolute Gasteiger partial charge is 0.221 e. The zero-order chi connectivity index (χ0) is 20.6. The SMILES string of the molecule is Cc1nn(-c2cc(Cl)ccc2Cl)c2c1[C@]1(C)c3ccccc3OC[C@@H]1C(C)(C)O2. The van der Waals surface area contributed by atoms with Crippen molar-refractivity contribution in [2.24, 2.45) is 5.92 Å². The second kappa shape index (κ2) is 6.16. The van der Waals surface area contributed by atoms with Crippen LogP contribution in [0.3, 0.4) is 0 Å². The molecule has 0 saturated heterocycles. The third-order valence-corrected chi connectivity index (χ3v) is 6.98. The van der Waals surface area contributed by atoms with Crippen LogP contribution in [0.4, 0.5) is 0 Å². The monoisotopic (exact) mass is 428 g/mol. The highest BCUT2D eigenvalue weighted by atomic mass is 35.5. The van der Waals surface area contributed by atoms with Crippen molar-refractivity contribution in [3.8, 4) is 17.3 Å². The van der Waals surface area contributed by atoms with E-state index in [4.69, 9.17) is 37.8 Å². The normalized spacial score (nSPS) is 24.0. The highest BCUT2D eigenvalue weighted by Crippen LogP contribution is 2.57. The summed E-state index contributed by atoms with van der Waals surface area (Å²) in [4.78, 5) is 0. The van der Waals surface area contributed by atoms with Crippen LogP contribution in [-0.2, 0) is 5.41 Å². The van der Waals surface area contributed by atoms with Crippen LogP contribution in [0.1, 0.15) is 37.6 Å². The van der Waals surface area contributed by atoms with Crippen LogP contribution < -0.4 is 9.47 Å². The number of para-hydroxylation sites is 1. The largest absolute Gasteiger partial charge is 0.493 e. The Hall–Kier alpha value is -2.17. The second-order valence-corrected chi connectivity index (χ2v) is 9.38. The molecule has 3 aromatic rings. The number of ether oxygens (including phenoxy) is 2. The van der Waals surface area contributed by atoms with Crippen LogP contribution in [0.2, 0.25) is 10.0 Å². The molecule has 0 amide bonds. The van der Waals surface area contributed by atoms with Crippen molar-refractivity contribution in [1.82, 2.24) is 9.78 Å². The van der Waals surface area contributed by atoms with E-state index in [1.54, 1.807) is 16.8 Å². The number of hydrogen-bond acceptors (Lipinski definition) is 3. The van der Waals surface area contributed by atoms with E-state index in [-0.39, 0.29) is 11.3 Å². The minimum atomic E-state index is -0.468. The van der Waals surface area contributed by atoms with Gasteiger partial charge in [-0.3, -0.25) is 0 Å². The van der Waals surface area contributed by atoms with Crippen molar-refractivity contribution in [2.45, 2.75) is 38.7 Å². The Labute approximate surface area is 180 Å². The van der Waals surface area contributed by atoms with Crippen molar-refractivity contribution in [3.63, 3.8) is 0 Å². The number of hydrogen-bond donors (Lipinski definition) is 0. The molecule has 2 aliphatic rings. The Morgan fingerprint density at radius 3 is 2.66 bits per heavy atom. The van der Waals surface area contributed by atoms with Crippen LogP contribution >= 0.6 is 23.2 Å². The summed E-state index contributed by atoms with van der Waals surface area (Å²) in [6, 6.07) is 13.6. The lowest BCUT2D eigenvalue weighted by atomic mass is 9.60. The predicted octanol–water partition coefficient (Wildman–Crippen LogP) is 5.97. The third-order valence-electron chi connectivity index (χ3n) is 6.42. The maximum absolute atomic E-state index is 6.59. The molecule has 6 heteroatoms. The van der Waals surface area contributed by atoms with Gasteiger partial charge in [0.05, 0.1) is 23.0 Å². The summed E-state index contributed by atoms with van der Waals surface area (Å²) < 4.78 is 14.5. The first-order chi connectivity index (χ1) is 13.7. The van der Waals surface area contributed by atoms with Gasteiger partial charge >= 0.3 is 0 Å². The number of halogens is 2. The molecule has 3 heterocycles. The predicted molar refractivity (Wildman–Crippen MR) is 115 cm³/mol. The lowest BCUT2D eigenvalue weighted by Crippen LogP contribution is -2.57. The number of nitrogens with zero attached hydrogens (tertiary/aromatic N) is 2. The molecule has 0 radical (unpaired) electrons. The van der Waals surface area contributed by atoms with Gasteiger partial charge in [-0.05, 0) is 45.0 Å². The molecule has 2 aliphatic heterocycles. The maximum atomic E-state index is 6.59. The van der Waals surface area contributed by atoms with E-state index in [0.29, 0.717) is 28.2 Å². The van der Waals surface area contributed by atoms with Gasteiger partial charge in [0.1, 0.15) is 11.4 Å². The van der Waals surface area contributed by atoms with Crippen molar-refractivity contribution < 1.29 is 9.47 Å². The van der Waals surface area contributed by atoms with E-state index in [1.165, 1.54) is 0 Å². The summed E-state index contributed by atoms with van der Waals surface area (Å²) in [6.07, 6.45) is 0. The summed E-state index contributed by atoms with van der Waals surface area (Å²) in [6.45, 7) is 9.11.